The van der Waals surface area contributed by atoms with Crippen LogP contribution in [0, 0.1) is 0 Å². The van der Waals surface area contributed by atoms with Crippen molar-refractivity contribution in [3.63, 3.8) is 0 Å². The zero-order chi connectivity index (χ0) is 10.5. The summed E-state index contributed by atoms with van der Waals surface area (Å²) < 4.78 is 5.37. The summed E-state index contributed by atoms with van der Waals surface area (Å²) in [5.41, 5.74) is 0. The molecule has 2 rings (SSSR count). The zero-order valence-electron chi connectivity index (χ0n) is 9.40. The van der Waals surface area contributed by atoms with Gasteiger partial charge in [-0.2, -0.15) is 0 Å². The Bertz CT molecular complexity index is 175. The second kappa shape index (κ2) is 5.80. The van der Waals surface area contributed by atoms with E-state index in [4.69, 9.17) is 9.84 Å². The quantitative estimate of drug-likeness (QED) is 0.704. The lowest BCUT2D eigenvalue weighted by Crippen LogP contribution is -2.49. The molecule has 4 nitrogen and oxygen atoms in total. The van der Waals surface area contributed by atoms with E-state index in [1.807, 2.05) is 0 Å². The van der Waals surface area contributed by atoms with Crippen LogP contribution in [-0.4, -0.2) is 73.5 Å². The third kappa shape index (κ3) is 3.14. The van der Waals surface area contributed by atoms with Gasteiger partial charge in [-0.1, -0.05) is 0 Å². The Kier molecular flexibility index (Phi) is 4.38. The Labute approximate surface area is 91.8 Å². The first kappa shape index (κ1) is 11.3. The van der Waals surface area contributed by atoms with Crippen LogP contribution in [0.1, 0.15) is 12.8 Å². The molecule has 0 radical (unpaired) electrons. The number of β-amino-alcohol motifs (C(OH)–C–C–N with tert-alkyl or cyclic N) is 1. The highest BCUT2D eigenvalue weighted by molar-refractivity contribution is 4.80. The average molecular weight is 214 g/mol. The summed E-state index contributed by atoms with van der Waals surface area (Å²) in [4.78, 5) is 4.93. The SMILES string of the molecule is OCCN1CCC(N2CCOCC2)CC1. The van der Waals surface area contributed by atoms with E-state index < -0.39 is 0 Å². The highest BCUT2D eigenvalue weighted by Crippen LogP contribution is 2.17. The Balaban J connectivity index is 1.72. The molecule has 1 N–H and O–H groups in total. The van der Waals surface area contributed by atoms with Crippen LogP contribution in [0.25, 0.3) is 0 Å². The minimum absolute atomic E-state index is 0.294. The number of hydrogen-bond donors (Lipinski definition) is 1. The van der Waals surface area contributed by atoms with Crippen LogP contribution >= 0.6 is 0 Å². The molecule has 0 atom stereocenters. The molecule has 15 heavy (non-hydrogen) atoms. The Morgan fingerprint density at radius 2 is 1.73 bits per heavy atom. The number of nitrogens with zero attached hydrogens (tertiary/aromatic N) is 2. The van der Waals surface area contributed by atoms with Gasteiger partial charge in [-0.25, -0.2) is 0 Å². The van der Waals surface area contributed by atoms with Gasteiger partial charge in [-0.15, -0.1) is 0 Å². The molecule has 88 valence electrons. The lowest BCUT2D eigenvalue weighted by Gasteiger charge is -2.39. The van der Waals surface area contributed by atoms with Crippen molar-refractivity contribution in [1.29, 1.82) is 0 Å². The van der Waals surface area contributed by atoms with E-state index in [1.54, 1.807) is 0 Å². The predicted molar refractivity (Wildman–Crippen MR) is 58.9 cm³/mol. The van der Waals surface area contributed by atoms with Crippen molar-refractivity contribution in [3.8, 4) is 0 Å². The first-order chi connectivity index (χ1) is 7.40. The molecule has 0 spiro atoms. The Hall–Kier alpha value is -0.160. The Morgan fingerprint density at radius 1 is 1.07 bits per heavy atom. The molecule has 0 aromatic carbocycles. The average Bonchev–Trinajstić information content (AvgIpc) is 2.32. The number of rotatable bonds is 3. The van der Waals surface area contributed by atoms with Crippen LogP contribution in [0.4, 0.5) is 0 Å². The van der Waals surface area contributed by atoms with Crippen molar-refractivity contribution in [2.45, 2.75) is 18.9 Å². The molecule has 2 fully saturated rings. The van der Waals surface area contributed by atoms with E-state index >= 15 is 0 Å². The first-order valence-electron chi connectivity index (χ1n) is 6.05. The third-order valence-electron chi connectivity index (χ3n) is 3.54. The molecule has 0 aliphatic carbocycles. The van der Waals surface area contributed by atoms with Crippen LogP contribution in [0.15, 0.2) is 0 Å². The van der Waals surface area contributed by atoms with Crippen LogP contribution < -0.4 is 0 Å². The molecule has 2 heterocycles. The second-order valence-electron chi connectivity index (χ2n) is 4.44. The standard InChI is InChI=1S/C11H22N2O2/c14-8-5-12-3-1-11(2-4-12)13-6-9-15-10-7-13/h11,14H,1-10H2. The van der Waals surface area contributed by atoms with E-state index in [2.05, 4.69) is 9.80 Å². The second-order valence-corrected chi connectivity index (χ2v) is 4.44. The largest absolute Gasteiger partial charge is 0.395 e. The summed E-state index contributed by atoms with van der Waals surface area (Å²) in [6.45, 7) is 7.42. The molecule has 0 saturated carbocycles. The molecule has 0 unspecified atom stereocenters. The van der Waals surface area contributed by atoms with E-state index in [-0.39, 0.29) is 0 Å². The number of aliphatic hydroxyl groups excluding tert-OH is 1. The lowest BCUT2D eigenvalue weighted by atomic mass is 10.0. The summed E-state index contributed by atoms with van der Waals surface area (Å²) in [5, 5.41) is 8.86. The van der Waals surface area contributed by atoms with Crippen LogP contribution in [0.3, 0.4) is 0 Å². The summed E-state index contributed by atoms with van der Waals surface area (Å²) in [5.74, 6) is 0. The van der Waals surface area contributed by atoms with Gasteiger partial charge >= 0.3 is 0 Å². The molecule has 2 saturated heterocycles. The summed E-state index contributed by atoms with van der Waals surface area (Å²) in [7, 11) is 0. The number of hydrogen-bond acceptors (Lipinski definition) is 4. The fourth-order valence-electron chi connectivity index (χ4n) is 2.59. The van der Waals surface area contributed by atoms with E-state index in [9.17, 15) is 0 Å². The predicted octanol–water partition coefficient (Wildman–Crippen LogP) is -0.225. The van der Waals surface area contributed by atoms with Crippen molar-refractivity contribution in [2.75, 3.05) is 52.5 Å². The van der Waals surface area contributed by atoms with E-state index in [0.717, 1.165) is 52.0 Å². The van der Waals surface area contributed by atoms with Gasteiger partial charge in [0.15, 0.2) is 0 Å². The topological polar surface area (TPSA) is 35.9 Å². The molecular weight excluding hydrogens is 192 g/mol. The number of morpholine rings is 1. The first-order valence-corrected chi connectivity index (χ1v) is 6.05. The van der Waals surface area contributed by atoms with Crippen molar-refractivity contribution in [1.82, 2.24) is 9.80 Å². The fourth-order valence-corrected chi connectivity index (χ4v) is 2.59. The third-order valence-corrected chi connectivity index (χ3v) is 3.54. The normalized spacial score (nSPS) is 27.0. The molecule has 0 amide bonds. The molecule has 0 bridgehead atoms. The maximum absolute atomic E-state index is 8.86. The summed E-state index contributed by atoms with van der Waals surface area (Å²) in [6.07, 6.45) is 2.50. The molecule has 4 heteroatoms. The van der Waals surface area contributed by atoms with E-state index in [0.29, 0.717) is 6.61 Å². The Morgan fingerprint density at radius 3 is 2.33 bits per heavy atom. The number of aliphatic hydroxyl groups is 1. The van der Waals surface area contributed by atoms with Gasteiger partial charge < -0.3 is 14.7 Å². The summed E-state index contributed by atoms with van der Waals surface area (Å²) >= 11 is 0. The van der Waals surface area contributed by atoms with Crippen molar-refractivity contribution < 1.29 is 9.84 Å². The highest BCUT2D eigenvalue weighted by atomic mass is 16.5. The molecule has 2 aliphatic heterocycles. The maximum Gasteiger partial charge on any atom is 0.0594 e. The number of ether oxygens (including phenoxy) is 1. The van der Waals surface area contributed by atoms with Crippen molar-refractivity contribution >= 4 is 0 Å². The molecule has 0 aromatic rings. The smallest absolute Gasteiger partial charge is 0.0594 e. The van der Waals surface area contributed by atoms with Gasteiger partial charge in [0.05, 0.1) is 19.8 Å². The monoisotopic (exact) mass is 214 g/mol. The molecule has 0 aromatic heterocycles. The van der Waals surface area contributed by atoms with Crippen LogP contribution in [0.5, 0.6) is 0 Å². The lowest BCUT2D eigenvalue weighted by molar-refractivity contribution is -0.000190. The van der Waals surface area contributed by atoms with Gasteiger partial charge in [0, 0.05) is 25.7 Å². The van der Waals surface area contributed by atoms with Gasteiger partial charge in [0.2, 0.25) is 0 Å². The molecular formula is C11H22N2O2. The highest BCUT2D eigenvalue weighted by Gasteiger charge is 2.25. The number of likely N-dealkylation sites (tertiary alicyclic amines) is 1. The summed E-state index contributed by atoms with van der Waals surface area (Å²) in [6, 6.07) is 0.754. The van der Waals surface area contributed by atoms with Crippen LogP contribution in [-0.2, 0) is 4.74 Å². The molecule has 2 aliphatic rings. The van der Waals surface area contributed by atoms with Gasteiger partial charge in [0.25, 0.3) is 0 Å². The van der Waals surface area contributed by atoms with Gasteiger partial charge in [-0.3, -0.25) is 4.90 Å². The fraction of sp³-hybridized carbons (Fsp3) is 1.00. The zero-order valence-corrected chi connectivity index (χ0v) is 9.40. The van der Waals surface area contributed by atoms with Gasteiger partial charge in [-0.05, 0) is 25.9 Å². The minimum atomic E-state index is 0.294. The van der Waals surface area contributed by atoms with E-state index in [1.165, 1.54) is 12.8 Å². The van der Waals surface area contributed by atoms with Gasteiger partial charge in [0.1, 0.15) is 0 Å². The van der Waals surface area contributed by atoms with Crippen molar-refractivity contribution in [3.05, 3.63) is 0 Å². The minimum Gasteiger partial charge on any atom is -0.395 e. The van der Waals surface area contributed by atoms with Crippen molar-refractivity contribution in [2.24, 2.45) is 0 Å². The number of piperidine rings is 1. The maximum atomic E-state index is 8.86. The van der Waals surface area contributed by atoms with Crippen LogP contribution in [0.2, 0.25) is 0 Å².